The van der Waals surface area contributed by atoms with E-state index in [1.807, 2.05) is 51.1 Å². The van der Waals surface area contributed by atoms with Crippen LogP contribution in [0.15, 0.2) is 30.3 Å². The molecule has 1 aromatic carbocycles. The smallest absolute Gasteiger partial charge is 0.410 e. The van der Waals surface area contributed by atoms with Gasteiger partial charge in [0, 0.05) is 13.1 Å². The van der Waals surface area contributed by atoms with Gasteiger partial charge in [0.05, 0.1) is 12.0 Å². The van der Waals surface area contributed by atoms with E-state index in [-0.39, 0.29) is 24.0 Å². The molecule has 7 heteroatoms. The molecule has 2 rings (SSSR count). The number of piperidine rings is 1. The highest BCUT2D eigenvalue weighted by Gasteiger charge is 2.32. The number of amides is 2. The fourth-order valence-electron chi connectivity index (χ4n) is 3.53. The van der Waals surface area contributed by atoms with Gasteiger partial charge in [-0.15, -0.1) is 0 Å². The first-order chi connectivity index (χ1) is 14.6. The second kappa shape index (κ2) is 11.2. The van der Waals surface area contributed by atoms with Gasteiger partial charge < -0.3 is 19.7 Å². The summed E-state index contributed by atoms with van der Waals surface area (Å²) in [5, 5.41) is 3.00. The Morgan fingerprint density at radius 3 is 2.29 bits per heavy atom. The van der Waals surface area contributed by atoms with E-state index in [1.165, 1.54) is 0 Å². The van der Waals surface area contributed by atoms with Crippen molar-refractivity contribution in [2.75, 3.05) is 13.1 Å². The summed E-state index contributed by atoms with van der Waals surface area (Å²) in [6.45, 7) is 9.99. The molecule has 1 fully saturated rings. The van der Waals surface area contributed by atoms with E-state index in [4.69, 9.17) is 9.47 Å². The Morgan fingerprint density at radius 2 is 1.74 bits per heavy atom. The van der Waals surface area contributed by atoms with E-state index in [9.17, 15) is 14.4 Å². The van der Waals surface area contributed by atoms with Crippen LogP contribution >= 0.6 is 0 Å². The van der Waals surface area contributed by atoms with Crippen LogP contribution in [0.5, 0.6) is 0 Å². The van der Waals surface area contributed by atoms with Crippen LogP contribution in [-0.4, -0.2) is 47.7 Å². The van der Waals surface area contributed by atoms with Gasteiger partial charge in [-0.25, -0.2) is 4.79 Å². The normalized spacial score (nSPS) is 16.9. The lowest BCUT2D eigenvalue weighted by atomic mass is 9.97. The zero-order chi connectivity index (χ0) is 23.0. The number of hydrogen-bond donors (Lipinski definition) is 1. The molecule has 2 amide bonds. The SMILES string of the molecule is CCC[C@@H](NC(=O)[C@@H](C)OC(=O)C1CCN(C(=O)OC(C)(C)C)CC1)c1ccccc1. The van der Waals surface area contributed by atoms with Crippen molar-refractivity contribution in [1.29, 1.82) is 0 Å². The minimum absolute atomic E-state index is 0.114. The average molecular weight is 433 g/mol. The van der Waals surface area contributed by atoms with Crippen molar-refractivity contribution in [2.45, 2.75) is 78.0 Å². The molecule has 1 saturated heterocycles. The van der Waals surface area contributed by atoms with Crippen LogP contribution in [0.1, 0.15) is 71.9 Å². The quantitative estimate of drug-likeness (QED) is 0.652. The molecule has 172 valence electrons. The van der Waals surface area contributed by atoms with Crippen LogP contribution in [-0.2, 0) is 19.1 Å². The molecule has 1 aliphatic rings. The Balaban J connectivity index is 1.83. The highest BCUT2D eigenvalue weighted by Crippen LogP contribution is 2.22. The number of rotatable bonds is 7. The molecule has 1 N–H and O–H groups in total. The van der Waals surface area contributed by atoms with Crippen LogP contribution < -0.4 is 5.32 Å². The maximum atomic E-state index is 12.6. The number of benzene rings is 1. The molecule has 7 nitrogen and oxygen atoms in total. The minimum Gasteiger partial charge on any atom is -0.452 e. The van der Waals surface area contributed by atoms with Crippen molar-refractivity contribution in [3.63, 3.8) is 0 Å². The van der Waals surface area contributed by atoms with Gasteiger partial charge in [-0.1, -0.05) is 43.7 Å². The highest BCUT2D eigenvalue weighted by atomic mass is 16.6. The van der Waals surface area contributed by atoms with Crippen LogP contribution in [0.2, 0.25) is 0 Å². The number of likely N-dealkylation sites (tertiary alicyclic amines) is 1. The molecule has 1 aliphatic heterocycles. The van der Waals surface area contributed by atoms with Crippen LogP contribution in [0.3, 0.4) is 0 Å². The van der Waals surface area contributed by atoms with Crippen molar-refractivity contribution in [1.82, 2.24) is 10.2 Å². The maximum Gasteiger partial charge on any atom is 0.410 e. The van der Waals surface area contributed by atoms with Crippen molar-refractivity contribution >= 4 is 18.0 Å². The first-order valence-electron chi connectivity index (χ1n) is 11.1. The number of nitrogens with zero attached hydrogens (tertiary/aromatic N) is 1. The lowest BCUT2D eigenvalue weighted by Crippen LogP contribution is -2.44. The molecule has 0 unspecified atom stereocenters. The van der Waals surface area contributed by atoms with Gasteiger partial charge in [0.25, 0.3) is 5.91 Å². The Kier molecular flexibility index (Phi) is 8.89. The Hall–Kier alpha value is -2.57. The summed E-state index contributed by atoms with van der Waals surface area (Å²) in [6.07, 6.45) is 1.47. The third-order valence-corrected chi connectivity index (χ3v) is 5.24. The van der Waals surface area contributed by atoms with Crippen LogP contribution in [0.4, 0.5) is 4.79 Å². The third kappa shape index (κ3) is 7.89. The molecule has 31 heavy (non-hydrogen) atoms. The molecule has 2 atom stereocenters. The first kappa shape index (κ1) is 24.7. The van der Waals surface area contributed by atoms with Crippen LogP contribution in [0.25, 0.3) is 0 Å². The number of carbonyl (C=O) groups is 3. The van der Waals surface area contributed by atoms with Gasteiger partial charge in [0.15, 0.2) is 6.10 Å². The summed E-state index contributed by atoms with van der Waals surface area (Å²) >= 11 is 0. The average Bonchev–Trinajstić information content (AvgIpc) is 2.72. The largest absolute Gasteiger partial charge is 0.452 e. The Morgan fingerprint density at radius 1 is 1.13 bits per heavy atom. The number of nitrogens with one attached hydrogen (secondary N) is 1. The van der Waals surface area contributed by atoms with Gasteiger partial charge in [-0.2, -0.15) is 0 Å². The summed E-state index contributed by atoms with van der Waals surface area (Å²) in [6, 6.07) is 9.67. The van der Waals surface area contributed by atoms with E-state index < -0.39 is 17.7 Å². The second-order valence-corrected chi connectivity index (χ2v) is 9.08. The van der Waals surface area contributed by atoms with Crippen molar-refractivity contribution in [2.24, 2.45) is 5.92 Å². The van der Waals surface area contributed by atoms with E-state index in [2.05, 4.69) is 12.2 Å². The predicted molar refractivity (Wildman–Crippen MR) is 118 cm³/mol. The molecule has 0 saturated carbocycles. The number of hydrogen-bond acceptors (Lipinski definition) is 5. The molecule has 0 spiro atoms. The summed E-state index contributed by atoms with van der Waals surface area (Å²) < 4.78 is 10.8. The topological polar surface area (TPSA) is 84.9 Å². The van der Waals surface area contributed by atoms with Crippen LogP contribution in [0, 0.1) is 5.92 Å². The third-order valence-electron chi connectivity index (χ3n) is 5.24. The van der Waals surface area contributed by atoms with E-state index in [0.29, 0.717) is 25.9 Å². The van der Waals surface area contributed by atoms with Crippen molar-refractivity contribution in [3.8, 4) is 0 Å². The van der Waals surface area contributed by atoms with Crippen molar-refractivity contribution < 1.29 is 23.9 Å². The fraction of sp³-hybridized carbons (Fsp3) is 0.625. The summed E-state index contributed by atoms with van der Waals surface area (Å²) in [5.41, 5.74) is 0.483. The van der Waals surface area contributed by atoms with E-state index >= 15 is 0 Å². The van der Waals surface area contributed by atoms with Crippen molar-refractivity contribution in [3.05, 3.63) is 35.9 Å². The maximum absolute atomic E-state index is 12.6. The lowest BCUT2D eigenvalue weighted by Gasteiger charge is -2.33. The first-order valence-corrected chi connectivity index (χ1v) is 11.1. The molecule has 0 aliphatic carbocycles. The molecular weight excluding hydrogens is 396 g/mol. The monoisotopic (exact) mass is 432 g/mol. The van der Waals surface area contributed by atoms with Gasteiger partial charge in [-0.3, -0.25) is 9.59 Å². The van der Waals surface area contributed by atoms with E-state index in [0.717, 1.165) is 18.4 Å². The molecule has 0 radical (unpaired) electrons. The van der Waals surface area contributed by atoms with Gasteiger partial charge in [0.1, 0.15) is 5.60 Å². The Bertz CT molecular complexity index is 736. The summed E-state index contributed by atoms with van der Waals surface area (Å²) in [7, 11) is 0. The number of esters is 1. The predicted octanol–water partition coefficient (Wildman–Crippen LogP) is 4.22. The molecular formula is C24H36N2O5. The minimum atomic E-state index is -0.876. The zero-order valence-electron chi connectivity index (χ0n) is 19.3. The molecule has 1 heterocycles. The molecule has 0 aromatic heterocycles. The zero-order valence-corrected chi connectivity index (χ0v) is 19.3. The lowest BCUT2D eigenvalue weighted by molar-refractivity contribution is -0.160. The standard InChI is InChI=1S/C24H36N2O5/c1-6-10-20(18-11-8-7-9-12-18)25-21(27)17(2)30-22(28)19-13-15-26(16-14-19)23(29)31-24(3,4)5/h7-9,11-12,17,19-20H,6,10,13-16H2,1-5H3,(H,25,27)/t17-,20-/m1/s1. The summed E-state index contributed by atoms with van der Waals surface area (Å²) in [5.74, 6) is -1.02. The van der Waals surface area contributed by atoms with Gasteiger partial charge in [-0.05, 0) is 52.5 Å². The van der Waals surface area contributed by atoms with Gasteiger partial charge in [0.2, 0.25) is 0 Å². The Labute approximate surface area is 185 Å². The molecule has 0 bridgehead atoms. The number of carbonyl (C=O) groups excluding carboxylic acids is 3. The second-order valence-electron chi connectivity index (χ2n) is 9.08. The fourth-order valence-corrected chi connectivity index (χ4v) is 3.53. The van der Waals surface area contributed by atoms with Gasteiger partial charge >= 0.3 is 12.1 Å². The highest BCUT2D eigenvalue weighted by molar-refractivity contribution is 5.84. The van der Waals surface area contributed by atoms with E-state index in [1.54, 1.807) is 11.8 Å². The summed E-state index contributed by atoms with van der Waals surface area (Å²) in [4.78, 5) is 39.0. The number of ether oxygens (including phenoxy) is 2. The molecule has 1 aromatic rings.